The number of hydrogen-bond acceptors (Lipinski definition) is 4. The first-order valence-corrected chi connectivity index (χ1v) is 12.0. The number of carbonyl (C=O) groups is 1. The van der Waals surface area contributed by atoms with Crippen LogP contribution in [0.15, 0.2) is 71.6 Å². The van der Waals surface area contributed by atoms with Crippen molar-refractivity contribution in [1.29, 1.82) is 0 Å². The third-order valence-corrected chi connectivity index (χ3v) is 6.67. The van der Waals surface area contributed by atoms with Gasteiger partial charge in [0.25, 0.3) is 15.9 Å². The Morgan fingerprint density at radius 1 is 0.969 bits per heavy atom. The molecule has 168 valence electrons. The quantitative estimate of drug-likeness (QED) is 0.409. The number of anilines is 2. The highest BCUT2D eigenvalue weighted by Gasteiger charge is 2.19. The minimum atomic E-state index is -3.81. The van der Waals surface area contributed by atoms with Crippen LogP contribution >= 0.6 is 23.2 Å². The molecule has 0 unspecified atom stereocenters. The molecule has 0 fully saturated rings. The lowest BCUT2D eigenvalue weighted by Gasteiger charge is -2.17. The van der Waals surface area contributed by atoms with Gasteiger partial charge >= 0.3 is 0 Å². The average molecular weight is 493 g/mol. The molecule has 2 N–H and O–H groups in total. The van der Waals surface area contributed by atoms with Crippen LogP contribution in [0.25, 0.3) is 0 Å². The zero-order chi connectivity index (χ0) is 23.3. The van der Waals surface area contributed by atoms with Crippen LogP contribution in [0.3, 0.4) is 0 Å². The summed E-state index contributed by atoms with van der Waals surface area (Å²) in [5.41, 5.74) is 1.66. The van der Waals surface area contributed by atoms with Crippen molar-refractivity contribution < 1.29 is 17.9 Å². The number of amides is 1. The third kappa shape index (κ3) is 6.16. The van der Waals surface area contributed by atoms with Gasteiger partial charge in [-0.05, 0) is 79.6 Å². The van der Waals surface area contributed by atoms with Gasteiger partial charge in [0, 0.05) is 15.7 Å². The highest BCUT2D eigenvalue weighted by atomic mass is 35.5. The summed E-state index contributed by atoms with van der Waals surface area (Å²) in [7, 11) is -3.81. The molecule has 0 radical (unpaired) electrons. The van der Waals surface area contributed by atoms with E-state index in [-0.39, 0.29) is 10.8 Å². The molecule has 0 heterocycles. The number of aryl methyl sites for hydroxylation is 1. The van der Waals surface area contributed by atoms with E-state index in [2.05, 4.69) is 10.0 Å². The number of carbonyl (C=O) groups excluding carboxylic acids is 1. The van der Waals surface area contributed by atoms with Crippen LogP contribution in [0, 0.1) is 6.92 Å². The zero-order valence-corrected chi connectivity index (χ0v) is 19.8. The van der Waals surface area contributed by atoms with Crippen molar-refractivity contribution in [2.75, 3.05) is 10.0 Å². The lowest BCUT2D eigenvalue weighted by Crippen LogP contribution is -2.32. The highest BCUT2D eigenvalue weighted by molar-refractivity contribution is 7.92. The summed E-state index contributed by atoms with van der Waals surface area (Å²) in [6.45, 7) is 3.66. The van der Waals surface area contributed by atoms with Gasteiger partial charge in [-0.25, -0.2) is 8.42 Å². The van der Waals surface area contributed by atoms with Gasteiger partial charge in [0.15, 0.2) is 6.10 Å². The molecule has 0 aliphatic heterocycles. The molecule has 6 nitrogen and oxygen atoms in total. The van der Waals surface area contributed by atoms with Gasteiger partial charge in [-0.1, -0.05) is 36.2 Å². The van der Waals surface area contributed by atoms with E-state index >= 15 is 0 Å². The summed E-state index contributed by atoms with van der Waals surface area (Å²) in [5.74, 6) is 0.186. The van der Waals surface area contributed by atoms with Crippen LogP contribution in [0.5, 0.6) is 5.75 Å². The maximum atomic E-state index is 12.6. The summed E-state index contributed by atoms with van der Waals surface area (Å²) in [6, 6.07) is 17.5. The van der Waals surface area contributed by atoms with Crippen LogP contribution < -0.4 is 14.8 Å². The number of ether oxygens (including phenoxy) is 1. The summed E-state index contributed by atoms with van der Waals surface area (Å²) in [5, 5.41) is 3.79. The zero-order valence-electron chi connectivity index (χ0n) is 17.4. The molecular formula is C23H22Cl2N2O4S. The van der Waals surface area contributed by atoms with E-state index in [0.29, 0.717) is 33.6 Å². The van der Waals surface area contributed by atoms with Crippen molar-refractivity contribution in [1.82, 2.24) is 0 Å². The van der Waals surface area contributed by atoms with Crippen molar-refractivity contribution in [3.05, 3.63) is 82.3 Å². The second kappa shape index (κ2) is 10.3. The van der Waals surface area contributed by atoms with Gasteiger partial charge in [0.05, 0.1) is 10.6 Å². The average Bonchev–Trinajstić information content (AvgIpc) is 2.76. The standard InChI is InChI=1S/C23H22Cl2N2O4S/c1-3-22(31-19-10-5-16(24)6-11-19)23(28)26-17-8-12-20(13-9-17)32(29,30)27-18-7-4-15(2)21(25)14-18/h4-14,22,27H,3H2,1-2H3,(H,26,28)/t22-/m0/s1. The van der Waals surface area contributed by atoms with Gasteiger partial charge in [-0.3, -0.25) is 9.52 Å². The Bertz CT molecular complexity index is 1200. The van der Waals surface area contributed by atoms with E-state index in [1.54, 1.807) is 42.5 Å². The summed E-state index contributed by atoms with van der Waals surface area (Å²) >= 11 is 11.9. The molecule has 9 heteroatoms. The molecule has 0 saturated carbocycles. The van der Waals surface area contributed by atoms with E-state index in [0.717, 1.165) is 5.56 Å². The number of halogens is 2. The molecule has 0 aromatic heterocycles. The number of sulfonamides is 1. The first-order chi connectivity index (χ1) is 15.2. The largest absolute Gasteiger partial charge is 0.481 e. The fraction of sp³-hybridized carbons (Fsp3) is 0.174. The Labute approximate surface area is 197 Å². The minimum Gasteiger partial charge on any atom is -0.481 e. The first kappa shape index (κ1) is 23.9. The maximum absolute atomic E-state index is 12.6. The van der Waals surface area contributed by atoms with Crippen LogP contribution in [0.2, 0.25) is 10.0 Å². The van der Waals surface area contributed by atoms with Crippen molar-refractivity contribution in [3.63, 3.8) is 0 Å². The molecule has 1 amide bonds. The van der Waals surface area contributed by atoms with E-state index < -0.39 is 16.1 Å². The smallest absolute Gasteiger partial charge is 0.265 e. The number of rotatable bonds is 8. The molecule has 3 aromatic carbocycles. The van der Waals surface area contributed by atoms with Gasteiger partial charge in [0.1, 0.15) is 5.75 Å². The molecule has 0 spiro atoms. The predicted molar refractivity (Wildman–Crippen MR) is 128 cm³/mol. The molecule has 3 aromatic rings. The van der Waals surface area contributed by atoms with E-state index in [9.17, 15) is 13.2 Å². The SMILES string of the molecule is CC[C@H](Oc1ccc(Cl)cc1)C(=O)Nc1ccc(S(=O)(=O)Nc2ccc(C)c(Cl)c2)cc1. The normalized spacial score (nSPS) is 12.1. The van der Waals surface area contributed by atoms with Crippen LogP contribution in [-0.2, 0) is 14.8 Å². The Hall–Kier alpha value is -2.74. The van der Waals surface area contributed by atoms with Crippen molar-refractivity contribution in [2.45, 2.75) is 31.3 Å². The lowest BCUT2D eigenvalue weighted by molar-refractivity contribution is -0.122. The van der Waals surface area contributed by atoms with Gasteiger partial charge in [-0.15, -0.1) is 0 Å². The lowest BCUT2D eigenvalue weighted by atomic mass is 10.2. The van der Waals surface area contributed by atoms with E-state index in [1.165, 1.54) is 24.3 Å². The molecule has 1 atom stereocenters. The van der Waals surface area contributed by atoms with Crippen LogP contribution in [-0.4, -0.2) is 20.4 Å². The second-order valence-electron chi connectivity index (χ2n) is 7.05. The van der Waals surface area contributed by atoms with Crippen molar-refractivity contribution >= 4 is 50.5 Å². The van der Waals surface area contributed by atoms with E-state index in [4.69, 9.17) is 27.9 Å². The van der Waals surface area contributed by atoms with Gasteiger partial charge < -0.3 is 10.1 Å². The molecule has 3 rings (SSSR count). The number of hydrogen-bond donors (Lipinski definition) is 2. The van der Waals surface area contributed by atoms with Gasteiger partial charge in [-0.2, -0.15) is 0 Å². The third-order valence-electron chi connectivity index (χ3n) is 4.61. The Morgan fingerprint density at radius 2 is 1.59 bits per heavy atom. The Morgan fingerprint density at radius 3 is 2.19 bits per heavy atom. The highest BCUT2D eigenvalue weighted by Crippen LogP contribution is 2.24. The summed E-state index contributed by atoms with van der Waals surface area (Å²) in [4.78, 5) is 12.6. The molecule has 0 aliphatic rings. The van der Waals surface area contributed by atoms with Crippen LogP contribution in [0.1, 0.15) is 18.9 Å². The predicted octanol–water partition coefficient (Wildman–Crippen LogP) is 5.90. The molecule has 0 aliphatic carbocycles. The first-order valence-electron chi connectivity index (χ1n) is 9.80. The molecule has 0 saturated heterocycles. The van der Waals surface area contributed by atoms with Gasteiger partial charge in [0.2, 0.25) is 0 Å². The summed E-state index contributed by atoms with van der Waals surface area (Å²) < 4.78 is 33.5. The minimum absolute atomic E-state index is 0.0525. The molecule has 32 heavy (non-hydrogen) atoms. The second-order valence-corrected chi connectivity index (χ2v) is 9.58. The van der Waals surface area contributed by atoms with E-state index in [1.807, 2.05) is 13.8 Å². The van der Waals surface area contributed by atoms with Crippen molar-refractivity contribution in [2.24, 2.45) is 0 Å². The van der Waals surface area contributed by atoms with Crippen molar-refractivity contribution in [3.8, 4) is 5.75 Å². The van der Waals surface area contributed by atoms with Crippen LogP contribution in [0.4, 0.5) is 11.4 Å². The molecular weight excluding hydrogens is 471 g/mol. The monoisotopic (exact) mass is 492 g/mol. The number of benzene rings is 3. The summed E-state index contributed by atoms with van der Waals surface area (Å²) in [6.07, 6.45) is -0.267. The fourth-order valence-corrected chi connectivity index (χ4v) is 4.17. The Balaban J connectivity index is 1.66. The fourth-order valence-electron chi connectivity index (χ4n) is 2.81. The maximum Gasteiger partial charge on any atom is 0.265 e. The number of nitrogens with one attached hydrogen (secondary N) is 2. The topological polar surface area (TPSA) is 84.5 Å². The molecule has 0 bridgehead atoms. The Kier molecular flexibility index (Phi) is 7.66.